The average Bonchev–Trinajstić information content (AvgIpc) is 2.04. The Kier molecular flexibility index (Phi) is 2.77. The van der Waals surface area contributed by atoms with E-state index < -0.39 is 0 Å². The van der Waals surface area contributed by atoms with Crippen molar-refractivity contribution >= 4 is 20.6 Å². The van der Waals surface area contributed by atoms with Crippen molar-refractivity contribution in [2.24, 2.45) is 0 Å². The van der Waals surface area contributed by atoms with Gasteiger partial charge in [-0.2, -0.15) is 0 Å². The van der Waals surface area contributed by atoms with E-state index in [2.05, 4.69) is 31.4 Å². The molecule has 1 heterocycles. The maximum atomic E-state index is 4.20. The van der Waals surface area contributed by atoms with Crippen LogP contribution in [0, 0.1) is 0 Å². The summed E-state index contributed by atoms with van der Waals surface area (Å²) in [4.78, 5) is 8.27. The number of aromatic nitrogens is 2. The van der Waals surface area contributed by atoms with Gasteiger partial charge in [-0.3, -0.25) is 0 Å². The van der Waals surface area contributed by atoms with E-state index in [9.17, 15) is 0 Å². The minimum Gasteiger partial charge on any atom is -0.373 e. The molecule has 1 aromatic heterocycles. The number of rotatable bonds is 2. The number of nitrogens with one attached hydrogen (secondary N) is 1. The minimum atomic E-state index is 0.728. The van der Waals surface area contributed by atoms with Gasteiger partial charge in [0, 0.05) is 18.8 Å². The molecule has 4 heteroatoms. The van der Waals surface area contributed by atoms with Crippen molar-refractivity contribution in [2.45, 2.75) is 13.3 Å². The van der Waals surface area contributed by atoms with Crippen molar-refractivity contribution < 1.29 is 0 Å². The predicted octanol–water partition coefficient (Wildman–Crippen LogP) is 0.581. The monoisotopic (exact) mass is 169 g/mol. The van der Waals surface area contributed by atoms with Gasteiger partial charge in [-0.1, -0.05) is 16.2 Å². The van der Waals surface area contributed by atoms with E-state index in [-0.39, 0.29) is 0 Å². The first-order chi connectivity index (χ1) is 5.27. The fourth-order valence-corrected chi connectivity index (χ4v) is 1.10. The van der Waals surface area contributed by atoms with Crippen LogP contribution in [0.25, 0.3) is 0 Å². The number of hydrogen-bond donors (Lipinski definition) is 1. The van der Waals surface area contributed by atoms with Gasteiger partial charge in [-0.15, -0.1) is 0 Å². The second-order valence-electron chi connectivity index (χ2n) is 2.21. The van der Waals surface area contributed by atoms with Gasteiger partial charge >= 0.3 is 0 Å². The summed E-state index contributed by atoms with van der Waals surface area (Å²) in [6.45, 7) is 2.09. The van der Waals surface area contributed by atoms with Gasteiger partial charge in [-0.05, 0) is 6.42 Å². The number of anilines is 1. The van der Waals surface area contributed by atoms with Crippen molar-refractivity contribution in [1.29, 1.82) is 0 Å². The second-order valence-corrected chi connectivity index (χ2v) is 2.72. The van der Waals surface area contributed by atoms with E-state index in [1.807, 2.05) is 13.2 Å². The van der Waals surface area contributed by atoms with E-state index in [0.29, 0.717) is 0 Å². The van der Waals surface area contributed by atoms with Gasteiger partial charge in [0.25, 0.3) is 0 Å². The van der Waals surface area contributed by atoms with Gasteiger partial charge in [0.1, 0.15) is 11.4 Å². The Bertz CT molecular complexity index is 249. The van der Waals surface area contributed by atoms with Crippen molar-refractivity contribution in [3.63, 3.8) is 0 Å². The van der Waals surface area contributed by atoms with Crippen LogP contribution in [0.5, 0.6) is 0 Å². The third kappa shape index (κ3) is 1.87. The molecule has 0 aliphatic carbocycles. The number of hydrogen-bond acceptors (Lipinski definition) is 3. The Hall–Kier alpha value is -0.690. The highest BCUT2D eigenvalue weighted by Crippen LogP contribution is 2.08. The molecule has 3 nitrogen and oxygen atoms in total. The fraction of sp³-hybridized carbons (Fsp3) is 0.429. The molecule has 1 unspecified atom stereocenters. The van der Waals surface area contributed by atoms with Crippen LogP contribution in [-0.4, -0.2) is 17.0 Å². The molecule has 1 aromatic rings. The quantitative estimate of drug-likeness (QED) is 0.658. The first-order valence-corrected chi connectivity index (χ1v) is 4.14. The Morgan fingerprint density at radius 3 is 2.91 bits per heavy atom. The van der Waals surface area contributed by atoms with Gasteiger partial charge in [0.05, 0.1) is 0 Å². The first-order valence-electron chi connectivity index (χ1n) is 3.57. The maximum Gasteiger partial charge on any atom is 0.146 e. The second kappa shape index (κ2) is 3.63. The highest BCUT2D eigenvalue weighted by molar-refractivity contribution is 7.26. The Morgan fingerprint density at radius 2 is 2.36 bits per heavy atom. The predicted molar refractivity (Wildman–Crippen MR) is 50.3 cm³/mol. The Labute approximate surface area is 68.8 Å². The molecule has 1 atom stereocenters. The standard InChI is InChI=1S/C7H12N3P/c1-3-5-4-9-7(11)10-6(5)8-2/h4H,3,11H2,1-2H3,(H,8,9,10). The molecule has 0 saturated heterocycles. The molecule has 1 rings (SSSR count). The van der Waals surface area contributed by atoms with Crippen LogP contribution in [-0.2, 0) is 6.42 Å². The third-order valence-corrected chi connectivity index (χ3v) is 1.78. The summed E-state index contributed by atoms with van der Waals surface area (Å²) in [5, 5.41) is 3.02. The van der Waals surface area contributed by atoms with E-state index in [0.717, 1.165) is 23.4 Å². The zero-order valence-corrected chi connectivity index (χ0v) is 7.91. The van der Waals surface area contributed by atoms with Crippen LogP contribution >= 0.6 is 9.24 Å². The van der Waals surface area contributed by atoms with Crippen LogP contribution in [0.3, 0.4) is 0 Å². The van der Waals surface area contributed by atoms with E-state index in [4.69, 9.17) is 0 Å². The number of aryl methyl sites for hydroxylation is 1. The molecule has 1 N–H and O–H groups in total. The molecule has 0 fully saturated rings. The van der Waals surface area contributed by atoms with Gasteiger partial charge in [0.15, 0.2) is 0 Å². The highest BCUT2D eigenvalue weighted by atomic mass is 31.0. The molecule has 60 valence electrons. The summed E-state index contributed by atoms with van der Waals surface area (Å²) >= 11 is 0. The van der Waals surface area contributed by atoms with Crippen LogP contribution in [0.15, 0.2) is 6.20 Å². The number of nitrogens with zero attached hydrogens (tertiary/aromatic N) is 2. The molecular formula is C7H12N3P. The maximum absolute atomic E-state index is 4.20. The summed E-state index contributed by atoms with van der Waals surface area (Å²) in [5.41, 5.74) is 1.88. The molecule has 0 aliphatic heterocycles. The van der Waals surface area contributed by atoms with Crippen LogP contribution < -0.4 is 10.9 Å². The Balaban J connectivity index is 3.06. The molecule has 0 amide bonds. The van der Waals surface area contributed by atoms with Gasteiger partial charge < -0.3 is 5.32 Å². The minimum absolute atomic E-state index is 0.728. The lowest BCUT2D eigenvalue weighted by molar-refractivity contribution is 1.07. The van der Waals surface area contributed by atoms with Gasteiger partial charge in [0.2, 0.25) is 0 Å². The normalized spacial score (nSPS) is 9.73. The van der Waals surface area contributed by atoms with Crippen LogP contribution in [0.1, 0.15) is 12.5 Å². The molecule has 0 radical (unpaired) electrons. The van der Waals surface area contributed by atoms with Crippen LogP contribution in [0.4, 0.5) is 5.82 Å². The SMILES string of the molecule is CCc1cnc(P)nc1NC. The molecular weight excluding hydrogens is 157 g/mol. The smallest absolute Gasteiger partial charge is 0.146 e. The molecule has 0 saturated carbocycles. The highest BCUT2D eigenvalue weighted by Gasteiger charge is 1.99. The zero-order chi connectivity index (χ0) is 8.27. The lowest BCUT2D eigenvalue weighted by Crippen LogP contribution is -2.09. The summed E-state index contributed by atoms with van der Waals surface area (Å²) in [6, 6.07) is 0. The van der Waals surface area contributed by atoms with E-state index in [1.54, 1.807) is 0 Å². The van der Waals surface area contributed by atoms with Gasteiger partial charge in [-0.25, -0.2) is 9.97 Å². The molecule has 0 aromatic carbocycles. The lowest BCUT2D eigenvalue weighted by atomic mass is 10.2. The summed E-state index contributed by atoms with van der Waals surface area (Å²) in [7, 11) is 4.34. The third-order valence-electron chi connectivity index (χ3n) is 1.50. The van der Waals surface area contributed by atoms with Crippen LogP contribution in [0.2, 0.25) is 0 Å². The molecule has 0 bridgehead atoms. The summed E-state index contributed by atoms with van der Waals surface area (Å²) in [6.07, 6.45) is 2.81. The molecule has 0 spiro atoms. The largest absolute Gasteiger partial charge is 0.373 e. The zero-order valence-electron chi connectivity index (χ0n) is 6.76. The molecule has 0 aliphatic rings. The fourth-order valence-electron chi connectivity index (χ4n) is 0.896. The Morgan fingerprint density at radius 1 is 1.64 bits per heavy atom. The van der Waals surface area contributed by atoms with Crippen molar-refractivity contribution in [2.75, 3.05) is 12.4 Å². The van der Waals surface area contributed by atoms with E-state index >= 15 is 0 Å². The lowest BCUT2D eigenvalue weighted by Gasteiger charge is -2.04. The summed E-state index contributed by atoms with van der Waals surface area (Å²) < 4.78 is 0. The van der Waals surface area contributed by atoms with Crippen molar-refractivity contribution in [1.82, 2.24) is 9.97 Å². The first kappa shape index (κ1) is 8.41. The topological polar surface area (TPSA) is 37.8 Å². The van der Waals surface area contributed by atoms with E-state index in [1.165, 1.54) is 0 Å². The van der Waals surface area contributed by atoms with Crippen molar-refractivity contribution in [3.05, 3.63) is 11.8 Å². The molecule has 11 heavy (non-hydrogen) atoms. The summed E-state index contributed by atoms with van der Waals surface area (Å²) in [5.74, 6) is 0.924. The average molecular weight is 169 g/mol. The van der Waals surface area contributed by atoms with Crippen molar-refractivity contribution in [3.8, 4) is 0 Å².